The number of ketones is 1. The van der Waals surface area contributed by atoms with Gasteiger partial charge in [-0.25, -0.2) is 0 Å². The molecule has 4 aromatic rings. The van der Waals surface area contributed by atoms with E-state index < -0.39 is 11.5 Å². The fraction of sp³-hybridized carbons (Fsp3) is 0.103. The van der Waals surface area contributed by atoms with E-state index in [1.807, 2.05) is 54.6 Å². The quantitative estimate of drug-likeness (QED) is 0.300. The number of hydrogen-bond donors (Lipinski definition) is 1. The minimum atomic E-state index is -2.01. The number of nitrogens with zero attached hydrogens (tertiary/aromatic N) is 1. The first-order chi connectivity index (χ1) is 16.8. The molecule has 4 aromatic carbocycles. The van der Waals surface area contributed by atoms with Crippen molar-refractivity contribution in [3.63, 3.8) is 0 Å². The molecular weight excluding hydrogens is 481 g/mol. The SMILES string of the molecule is O=C(C[C@]1(O)C(=O)N(Cc2ccc(Cl)cc2)c2ccc(Cl)cc21)c1ccc(-c2ccccc2)cc1. The molecule has 6 heteroatoms. The Labute approximate surface area is 213 Å². The molecule has 0 unspecified atom stereocenters. The molecule has 5 rings (SSSR count). The third kappa shape index (κ3) is 4.48. The third-order valence-corrected chi connectivity index (χ3v) is 6.77. The Hall–Kier alpha value is -3.44. The summed E-state index contributed by atoms with van der Waals surface area (Å²) in [7, 11) is 0. The number of rotatable bonds is 6. The highest BCUT2D eigenvalue weighted by Crippen LogP contribution is 2.44. The van der Waals surface area contributed by atoms with Gasteiger partial charge in [-0.2, -0.15) is 0 Å². The summed E-state index contributed by atoms with van der Waals surface area (Å²) < 4.78 is 0. The summed E-state index contributed by atoms with van der Waals surface area (Å²) in [6.07, 6.45) is -0.388. The molecule has 0 fully saturated rings. The molecule has 0 radical (unpaired) electrons. The largest absolute Gasteiger partial charge is 0.375 e. The van der Waals surface area contributed by atoms with Crippen LogP contribution in [0.25, 0.3) is 11.1 Å². The van der Waals surface area contributed by atoms with Crippen LogP contribution in [0.1, 0.15) is 27.9 Å². The van der Waals surface area contributed by atoms with Crippen LogP contribution in [0.2, 0.25) is 10.0 Å². The molecule has 35 heavy (non-hydrogen) atoms. The highest BCUT2D eigenvalue weighted by Gasteiger charge is 2.51. The summed E-state index contributed by atoms with van der Waals surface area (Å²) in [5.41, 5.74) is 2.13. The first kappa shape index (κ1) is 23.3. The predicted octanol–water partition coefficient (Wildman–Crippen LogP) is 6.67. The van der Waals surface area contributed by atoms with E-state index in [4.69, 9.17) is 23.2 Å². The Kier molecular flexibility index (Phi) is 6.20. The smallest absolute Gasteiger partial charge is 0.264 e. The van der Waals surface area contributed by atoms with Gasteiger partial charge < -0.3 is 10.0 Å². The van der Waals surface area contributed by atoms with Crippen LogP contribution in [-0.2, 0) is 16.9 Å². The zero-order chi connectivity index (χ0) is 24.6. The summed E-state index contributed by atoms with van der Waals surface area (Å²) in [6, 6.07) is 29.1. The second-order valence-corrected chi connectivity index (χ2v) is 9.46. The zero-order valence-corrected chi connectivity index (χ0v) is 20.1. The van der Waals surface area contributed by atoms with Gasteiger partial charge in [-0.3, -0.25) is 9.59 Å². The summed E-state index contributed by atoms with van der Waals surface area (Å²) in [6.45, 7) is 0.229. The molecule has 4 nitrogen and oxygen atoms in total. The predicted molar refractivity (Wildman–Crippen MR) is 139 cm³/mol. The van der Waals surface area contributed by atoms with Gasteiger partial charge in [0.25, 0.3) is 5.91 Å². The van der Waals surface area contributed by atoms with Crippen molar-refractivity contribution in [2.45, 2.75) is 18.6 Å². The third-order valence-electron chi connectivity index (χ3n) is 6.28. The molecule has 174 valence electrons. The number of halogens is 2. The first-order valence-corrected chi connectivity index (χ1v) is 11.9. The van der Waals surface area contributed by atoms with Gasteiger partial charge >= 0.3 is 0 Å². The summed E-state index contributed by atoms with van der Waals surface area (Å²) in [5.74, 6) is -0.890. The van der Waals surface area contributed by atoms with Crippen LogP contribution < -0.4 is 4.90 Å². The van der Waals surface area contributed by atoms with E-state index in [0.717, 1.165) is 16.7 Å². The lowest BCUT2D eigenvalue weighted by Gasteiger charge is -2.23. The number of benzene rings is 4. The number of Topliss-reactive ketones (excluding diaryl/α,β-unsaturated/α-hetero) is 1. The lowest BCUT2D eigenvalue weighted by molar-refractivity contribution is -0.136. The fourth-order valence-electron chi connectivity index (χ4n) is 4.44. The van der Waals surface area contributed by atoms with E-state index in [9.17, 15) is 14.7 Å². The summed E-state index contributed by atoms with van der Waals surface area (Å²) in [5, 5.41) is 12.6. The molecule has 0 aromatic heterocycles. The van der Waals surface area contributed by atoms with E-state index in [0.29, 0.717) is 26.9 Å². The van der Waals surface area contributed by atoms with Crippen LogP contribution in [-0.4, -0.2) is 16.8 Å². The van der Waals surface area contributed by atoms with E-state index in [1.165, 1.54) is 4.90 Å². The highest BCUT2D eigenvalue weighted by molar-refractivity contribution is 6.31. The van der Waals surface area contributed by atoms with Crippen molar-refractivity contribution in [3.05, 3.63) is 124 Å². The lowest BCUT2D eigenvalue weighted by Crippen LogP contribution is -2.41. The van der Waals surface area contributed by atoms with Crippen molar-refractivity contribution in [1.29, 1.82) is 0 Å². The summed E-state index contributed by atoms with van der Waals surface area (Å²) in [4.78, 5) is 28.2. The van der Waals surface area contributed by atoms with Crippen LogP contribution in [0.5, 0.6) is 0 Å². The normalized spacial score (nSPS) is 16.9. The van der Waals surface area contributed by atoms with Crippen LogP contribution in [0.4, 0.5) is 5.69 Å². The Morgan fingerprint density at radius 2 is 1.43 bits per heavy atom. The van der Waals surface area contributed by atoms with Gasteiger partial charge in [-0.05, 0) is 47.0 Å². The number of hydrogen-bond acceptors (Lipinski definition) is 3. The van der Waals surface area contributed by atoms with E-state index in [1.54, 1.807) is 42.5 Å². The van der Waals surface area contributed by atoms with Gasteiger partial charge in [-0.15, -0.1) is 0 Å². The molecule has 0 aliphatic carbocycles. The number of anilines is 1. The number of carbonyl (C=O) groups is 2. The van der Waals surface area contributed by atoms with Crippen molar-refractivity contribution in [2.75, 3.05) is 4.90 Å². The maximum Gasteiger partial charge on any atom is 0.264 e. The molecule has 1 heterocycles. The molecular formula is C29H21Cl2NO3. The minimum Gasteiger partial charge on any atom is -0.375 e. The van der Waals surface area contributed by atoms with Gasteiger partial charge in [0, 0.05) is 21.2 Å². The molecule has 0 spiro atoms. The topological polar surface area (TPSA) is 57.6 Å². The van der Waals surface area contributed by atoms with Gasteiger partial charge in [0.15, 0.2) is 11.4 Å². The number of fused-ring (bicyclic) bond motifs is 1. The van der Waals surface area contributed by atoms with E-state index >= 15 is 0 Å². The van der Waals surface area contributed by atoms with Crippen molar-refractivity contribution in [2.24, 2.45) is 0 Å². The van der Waals surface area contributed by atoms with Crippen molar-refractivity contribution in [3.8, 4) is 11.1 Å². The molecule has 1 aliphatic rings. The second kappa shape index (κ2) is 9.31. The first-order valence-electron chi connectivity index (χ1n) is 11.1. The Bertz CT molecular complexity index is 1400. The number of carbonyl (C=O) groups excluding carboxylic acids is 2. The molecule has 1 aliphatic heterocycles. The van der Waals surface area contributed by atoms with Crippen LogP contribution in [0.3, 0.4) is 0 Å². The van der Waals surface area contributed by atoms with Gasteiger partial charge in [-0.1, -0.05) is 89.9 Å². The van der Waals surface area contributed by atoms with Crippen molar-refractivity contribution < 1.29 is 14.7 Å². The zero-order valence-electron chi connectivity index (χ0n) is 18.6. The minimum absolute atomic E-state index is 0.229. The Balaban J connectivity index is 1.43. The Morgan fingerprint density at radius 3 is 2.11 bits per heavy atom. The molecule has 1 amide bonds. The average Bonchev–Trinajstić information content (AvgIpc) is 3.07. The summed E-state index contributed by atoms with van der Waals surface area (Å²) >= 11 is 12.2. The lowest BCUT2D eigenvalue weighted by atomic mass is 9.88. The van der Waals surface area contributed by atoms with Crippen LogP contribution >= 0.6 is 23.2 Å². The maximum absolute atomic E-state index is 13.5. The molecule has 0 saturated carbocycles. The van der Waals surface area contributed by atoms with Crippen LogP contribution in [0.15, 0.2) is 97.1 Å². The average molecular weight is 502 g/mol. The fourth-order valence-corrected chi connectivity index (χ4v) is 4.73. The van der Waals surface area contributed by atoms with Crippen molar-refractivity contribution >= 4 is 40.6 Å². The van der Waals surface area contributed by atoms with Crippen molar-refractivity contribution in [1.82, 2.24) is 0 Å². The van der Waals surface area contributed by atoms with Gasteiger partial charge in [0.1, 0.15) is 0 Å². The molecule has 1 atom stereocenters. The maximum atomic E-state index is 13.5. The van der Waals surface area contributed by atoms with Gasteiger partial charge in [0.05, 0.1) is 18.7 Å². The Morgan fingerprint density at radius 1 is 0.800 bits per heavy atom. The number of aliphatic hydroxyl groups is 1. The molecule has 1 N–H and O–H groups in total. The monoisotopic (exact) mass is 501 g/mol. The molecule has 0 bridgehead atoms. The van der Waals surface area contributed by atoms with E-state index in [-0.39, 0.29) is 18.7 Å². The standard InChI is InChI=1S/C29H21Cl2NO3/c30-23-12-6-19(7-13-23)18-32-26-15-14-24(31)16-25(26)29(35,28(32)34)17-27(33)22-10-8-21(9-11-22)20-4-2-1-3-5-20/h1-16,35H,17-18H2/t29-/m1/s1. The van der Waals surface area contributed by atoms with Gasteiger partial charge in [0.2, 0.25) is 0 Å². The molecule has 0 saturated heterocycles. The second-order valence-electron chi connectivity index (χ2n) is 8.58. The number of amides is 1. The van der Waals surface area contributed by atoms with E-state index in [2.05, 4.69) is 0 Å². The van der Waals surface area contributed by atoms with Crippen LogP contribution in [0, 0.1) is 0 Å². The highest BCUT2D eigenvalue weighted by atomic mass is 35.5.